The Balaban J connectivity index is 1.87. The summed E-state index contributed by atoms with van der Waals surface area (Å²) in [5.41, 5.74) is 0.376. The number of halogens is 1. The summed E-state index contributed by atoms with van der Waals surface area (Å²) in [6, 6.07) is 13.6. The fourth-order valence-electron chi connectivity index (χ4n) is 2.70. The van der Waals surface area contributed by atoms with Gasteiger partial charge in [0.1, 0.15) is 12.2 Å². The summed E-state index contributed by atoms with van der Waals surface area (Å²) in [5, 5.41) is 5.55. The van der Waals surface area contributed by atoms with Crippen LogP contribution in [0.25, 0.3) is 0 Å². The van der Waals surface area contributed by atoms with Crippen LogP contribution in [0.15, 0.2) is 65.8 Å². The van der Waals surface area contributed by atoms with Gasteiger partial charge in [-0.15, -0.1) is 0 Å². The maximum absolute atomic E-state index is 13.9. The SMILES string of the molecule is CCOC(=O)c1cn[nH]c1S(=O)(=O)N[C@@H](COc1ccccc1F)c1ccccc1. The molecule has 2 aromatic carbocycles. The van der Waals surface area contributed by atoms with E-state index in [2.05, 4.69) is 14.9 Å². The summed E-state index contributed by atoms with van der Waals surface area (Å²) in [7, 11) is -4.22. The average Bonchev–Trinajstić information content (AvgIpc) is 3.24. The standard InChI is InChI=1S/C20H20FN3O5S/c1-2-28-20(25)15-12-22-23-19(15)30(26,27)24-17(14-8-4-3-5-9-14)13-29-18-11-7-6-10-16(18)21/h3-12,17,24H,2,13H2,1H3,(H,22,23)/t17-/m0/s1. The van der Waals surface area contributed by atoms with Crippen molar-refractivity contribution in [2.75, 3.05) is 13.2 Å². The van der Waals surface area contributed by atoms with Crippen molar-refractivity contribution in [3.8, 4) is 5.75 Å². The molecule has 1 heterocycles. The lowest BCUT2D eigenvalue weighted by atomic mass is 10.1. The number of rotatable bonds is 9. The van der Waals surface area contributed by atoms with Crippen molar-refractivity contribution in [3.05, 3.63) is 77.7 Å². The number of nitrogens with one attached hydrogen (secondary N) is 2. The van der Waals surface area contributed by atoms with E-state index < -0.39 is 32.9 Å². The van der Waals surface area contributed by atoms with E-state index in [1.165, 1.54) is 18.2 Å². The van der Waals surface area contributed by atoms with E-state index in [1.807, 2.05) is 0 Å². The first kappa shape index (κ1) is 21.5. The molecule has 158 valence electrons. The van der Waals surface area contributed by atoms with Gasteiger partial charge in [-0.25, -0.2) is 17.6 Å². The third-order valence-corrected chi connectivity index (χ3v) is 5.55. The Morgan fingerprint density at radius 3 is 2.57 bits per heavy atom. The van der Waals surface area contributed by atoms with Crippen LogP contribution < -0.4 is 9.46 Å². The second kappa shape index (κ2) is 9.51. The minimum atomic E-state index is -4.22. The van der Waals surface area contributed by atoms with Crippen molar-refractivity contribution in [3.63, 3.8) is 0 Å². The van der Waals surface area contributed by atoms with E-state index >= 15 is 0 Å². The predicted octanol–water partition coefficient (Wildman–Crippen LogP) is 2.82. The summed E-state index contributed by atoms with van der Waals surface area (Å²) in [5.74, 6) is -1.39. The number of H-pyrrole nitrogens is 1. The molecule has 30 heavy (non-hydrogen) atoms. The fourth-order valence-corrected chi connectivity index (χ4v) is 3.99. The number of para-hydroxylation sites is 1. The minimum absolute atomic E-state index is 0.00798. The third kappa shape index (κ3) is 5.02. The molecule has 0 bridgehead atoms. The van der Waals surface area contributed by atoms with Crippen LogP contribution in [0.2, 0.25) is 0 Å². The highest BCUT2D eigenvalue weighted by Crippen LogP contribution is 2.22. The lowest BCUT2D eigenvalue weighted by Crippen LogP contribution is -2.33. The van der Waals surface area contributed by atoms with Gasteiger partial charge in [0.15, 0.2) is 16.6 Å². The lowest BCUT2D eigenvalue weighted by Gasteiger charge is -2.20. The maximum atomic E-state index is 13.9. The van der Waals surface area contributed by atoms with Gasteiger partial charge in [0.05, 0.1) is 18.8 Å². The molecule has 0 aliphatic carbocycles. The van der Waals surface area contributed by atoms with E-state index in [4.69, 9.17) is 9.47 Å². The van der Waals surface area contributed by atoms with Crippen LogP contribution in [0, 0.1) is 5.82 Å². The van der Waals surface area contributed by atoms with Crippen LogP contribution in [0.1, 0.15) is 28.9 Å². The number of aromatic nitrogens is 2. The minimum Gasteiger partial charge on any atom is -0.488 e. The number of ether oxygens (including phenoxy) is 2. The molecule has 0 radical (unpaired) electrons. The molecule has 0 amide bonds. The Labute approximate surface area is 173 Å². The molecule has 0 fully saturated rings. The third-order valence-electron chi connectivity index (χ3n) is 4.11. The molecule has 8 nitrogen and oxygen atoms in total. The molecule has 2 N–H and O–H groups in total. The van der Waals surface area contributed by atoms with E-state index in [9.17, 15) is 17.6 Å². The molecule has 0 spiro atoms. The van der Waals surface area contributed by atoms with Gasteiger partial charge < -0.3 is 9.47 Å². The molecule has 1 aromatic heterocycles. The number of hydrogen-bond donors (Lipinski definition) is 2. The van der Waals surface area contributed by atoms with Gasteiger partial charge in [-0.05, 0) is 24.6 Å². The summed E-state index contributed by atoms with van der Waals surface area (Å²) in [6.45, 7) is 1.50. The van der Waals surface area contributed by atoms with Gasteiger partial charge in [-0.1, -0.05) is 42.5 Å². The van der Waals surface area contributed by atoms with Gasteiger partial charge >= 0.3 is 5.97 Å². The second-order valence-electron chi connectivity index (χ2n) is 6.16. The smallest absolute Gasteiger partial charge is 0.342 e. The van der Waals surface area contributed by atoms with Gasteiger partial charge in [0.2, 0.25) is 0 Å². The summed E-state index contributed by atoms with van der Waals surface area (Å²) >= 11 is 0. The molecular weight excluding hydrogens is 413 g/mol. The van der Waals surface area contributed by atoms with Crippen LogP contribution in [0.3, 0.4) is 0 Å². The molecule has 3 rings (SSSR count). The quantitative estimate of drug-likeness (QED) is 0.502. The predicted molar refractivity (Wildman–Crippen MR) is 106 cm³/mol. The molecule has 0 aliphatic heterocycles. The van der Waals surface area contributed by atoms with Crippen LogP contribution in [-0.4, -0.2) is 37.8 Å². The van der Waals surface area contributed by atoms with Crippen molar-refractivity contribution in [2.45, 2.75) is 18.0 Å². The van der Waals surface area contributed by atoms with Crippen molar-refractivity contribution < 1.29 is 27.1 Å². The Hall–Kier alpha value is -3.24. The number of carbonyl (C=O) groups excluding carboxylic acids is 1. The largest absolute Gasteiger partial charge is 0.488 e. The topological polar surface area (TPSA) is 110 Å². The van der Waals surface area contributed by atoms with Gasteiger partial charge in [-0.3, -0.25) is 5.10 Å². The monoisotopic (exact) mass is 433 g/mol. The number of esters is 1. The van der Waals surface area contributed by atoms with E-state index in [-0.39, 0.29) is 24.5 Å². The summed E-state index contributed by atoms with van der Waals surface area (Å²) in [6.07, 6.45) is 1.08. The molecular formula is C20H20FN3O5S. The molecule has 0 unspecified atom stereocenters. The fraction of sp³-hybridized carbons (Fsp3) is 0.200. The number of carbonyl (C=O) groups is 1. The van der Waals surface area contributed by atoms with Crippen molar-refractivity contribution >= 4 is 16.0 Å². The molecule has 1 atom stereocenters. The average molecular weight is 433 g/mol. The highest BCUT2D eigenvalue weighted by atomic mass is 32.2. The normalized spacial score (nSPS) is 12.3. The number of benzene rings is 2. The Morgan fingerprint density at radius 2 is 1.87 bits per heavy atom. The van der Waals surface area contributed by atoms with Gasteiger partial charge in [0, 0.05) is 0 Å². The first-order valence-electron chi connectivity index (χ1n) is 9.07. The van der Waals surface area contributed by atoms with E-state index in [0.29, 0.717) is 5.56 Å². The highest BCUT2D eigenvalue weighted by molar-refractivity contribution is 7.89. The van der Waals surface area contributed by atoms with E-state index in [0.717, 1.165) is 6.20 Å². The number of hydrogen-bond acceptors (Lipinski definition) is 6. The number of sulfonamides is 1. The molecule has 3 aromatic rings. The second-order valence-corrected chi connectivity index (χ2v) is 7.81. The summed E-state index contributed by atoms with van der Waals surface area (Å²) < 4.78 is 52.7. The van der Waals surface area contributed by atoms with Gasteiger partial charge in [0.25, 0.3) is 10.0 Å². The first-order valence-corrected chi connectivity index (χ1v) is 10.6. The van der Waals surface area contributed by atoms with Crippen LogP contribution in [0.5, 0.6) is 5.75 Å². The zero-order chi connectivity index (χ0) is 21.6. The molecule has 0 saturated heterocycles. The lowest BCUT2D eigenvalue weighted by molar-refractivity contribution is 0.0521. The molecule has 0 saturated carbocycles. The number of nitrogens with zero attached hydrogens (tertiary/aromatic N) is 1. The van der Waals surface area contributed by atoms with E-state index in [1.54, 1.807) is 43.3 Å². The molecule has 0 aliphatic rings. The van der Waals surface area contributed by atoms with Crippen LogP contribution in [0.4, 0.5) is 4.39 Å². The first-order chi connectivity index (χ1) is 14.4. The van der Waals surface area contributed by atoms with Crippen molar-refractivity contribution in [1.82, 2.24) is 14.9 Å². The Morgan fingerprint density at radius 1 is 1.17 bits per heavy atom. The van der Waals surface area contributed by atoms with Crippen LogP contribution in [-0.2, 0) is 14.8 Å². The maximum Gasteiger partial charge on any atom is 0.342 e. The zero-order valence-corrected chi connectivity index (χ0v) is 16.9. The van der Waals surface area contributed by atoms with Crippen molar-refractivity contribution in [1.29, 1.82) is 0 Å². The van der Waals surface area contributed by atoms with Crippen LogP contribution >= 0.6 is 0 Å². The summed E-state index contributed by atoms with van der Waals surface area (Å²) in [4.78, 5) is 12.0. The zero-order valence-electron chi connectivity index (χ0n) is 16.0. The Bertz CT molecular complexity index is 1100. The Kier molecular flexibility index (Phi) is 6.80. The highest BCUT2D eigenvalue weighted by Gasteiger charge is 2.29. The van der Waals surface area contributed by atoms with Gasteiger partial charge in [-0.2, -0.15) is 9.82 Å². The van der Waals surface area contributed by atoms with Crippen molar-refractivity contribution in [2.24, 2.45) is 0 Å². The molecule has 10 heteroatoms. The number of aromatic amines is 1.